The van der Waals surface area contributed by atoms with E-state index in [1.54, 1.807) is 49.9 Å². The zero-order valence-electron chi connectivity index (χ0n) is 22.6. The monoisotopic (exact) mass is 565 g/mol. The van der Waals surface area contributed by atoms with Gasteiger partial charge in [0.2, 0.25) is 0 Å². The molecular weight excluding hydrogens is 538 g/mol. The van der Waals surface area contributed by atoms with E-state index in [1.807, 2.05) is 0 Å². The lowest BCUT2D eigenvalue weighted by Gasteiger charge is -2.13. The Bertz CT molecular complexity index is 1740. The number of aryl methyl sites for hydroxylation is 2. The highest BCUT2D eigenvalue weighted by Crippen LogP contribution is 2.36. The Morgan fingerprint density at radius 2 is 1.85 bits per heavy atom. The van der Waals surface area contributed by atoms with E-state index in [0.29, 0.717) is 16.8 Å². The number of H-pyrrole nitrogens is 1. The average molecular weight is 566 g/mol. The van der Waals surface area contributed by atoms with Crippen molar-refractivity contribution in [2.75, 3.05) is 6.61 Å². The van der Waals surface area contributed by atoms with Gasteiger partial charge in [-0.1, -0.05) is 25.1 Å². The molecule has 0 radical (unpaired) electrons. The summed E-state index contributed by atoms with van der Waals surface area (Å²) in [6.07, 6.45) is 3.39. The van der Waals surface area contributed by atoms with Crippen LogP contribution in [0.15, 0.2) is 60.9 Å². The third-order valence-corrected chi connectivity index (χ3v) is 6.92. The summed E-state index contributed by atoms with van der Waals surface area (Å²) in [6, 6.07) is 11.3. The topological polar surface area (TPSA) is 69.1 Å². The van der Waals surface area contributed by atoms with Crippen LogP contribution >= 0.6 is 0 Å². The Kier molecular flexibility index (Phi) is 7.83. The number of aromatic nitrogens is 3. The predicted octanol–water partition coefficient (Wildman–Crippen LogP) is 7.56. The number of nitrogens with zero attached hydrogens (tertiary/aromatic N) is 2. The number of esters is 1. The van der Waals surface area contributed by atoms with E-state index < -0.39 is 40.9 Å². The maximum Gasteiger partial charge on any atom is 0.306 e. The van der Waals surface area contributed by atoms with Gasteiger partial charge in [0.05, 0.1) is 23.4 Å². The van der Waals surface area contributed by atoms with Crippen LogP contribution in [-0.2, 0) is 23.0 Å². The number of aromatic amines is 1. The molecule has 1 unspecified atom stereocenters. The standard InChI is InChI=1S/C31H27F4N3O3/c1-4-40-27(39)11-8-18-6-5-7-20(28(18)34)17(2)26-16-38(3)31(37-26)22-14-19(9-10-23(22)32)41-30-24(33)15-25-21(29(30)35)12-13-36-25/h5-7,9-10,12-17,36H,4,8,11H2,1-3H3. The summed E-state index contributed by atoms with van der Waals surface area (Å²) < 4.78 is 72.0. The summed E-state index contributed by atoms with van der Waals surface area (Å²) in [5.74, 6) is -4.15. The molecule has 1 N–H and O–H groups in total. The van der Waals surface area contributed by atoms with Crippen LogP contribution in [0, 0.1) is 23.3 Å². The van der Waals surface area contributed by atoms with Crippen LogP contribution < -0.4 is 4.74 Å². The maximum atomic E-state index is 15.4. The molecule has 0 saturated heterocycles. The van der Waals surface area contributed by atoms with Crippen molar-refractivity contribution in [3.8, 4) is 22.9 Å². The minimum absolute atomic E-state index is 0.00651. The minimum Gasteiger partial charge on any atom is -0.466 e. The fourth-order valence-electron chi connectivity index (χ4n) is 4.77. The smallest absolute Gasteiger partial charge is 0.306 e. The number of imidazole rings is 1. The average Bonchev–Trinajstić information content (AvgIpc) is 3.57. The number of carbonyl (C=O) groups excluding carboxylic acids is 1. The highest BCUT2D eigenvalue weighted by molar-refractivity contribution is 5.82. The zero-order chi connectivity index (χ0) is 29.3. The molecule has 5 rings (SSSR count). The molecule has 0 bridgehead atoms. The number of fused-ring (bicyclic) bond motifs is 1. The fraction of sp³-hybridized carbons (Fsp3) is 0.226. The van der Waals surface area contributed by atoms with Gasteiger partial charge >= 0.3 is 5.97 Å². The molecule has 6 nitrogen and oxygen atoms in total. The van der Waals surface area contributed by atoms with Crippen LogP contribution in [0.4, 0.5) is 17.6 Å². The van der Waals surface area contributed by atoms with Gasteiger partial charge < -0.3 is 19.0 Å². The van der Waals surface area contributed by atoms with Gasteiger partial charge in [0.1, 0.15) is 23.2 Å². The third kappa shape index (κ3) is 5.54. The van der Waals surface area contributed by atoms with Crippen molar-refractivity contribution in [3.05, 3.63) is 101 Å². The molecule has 0 spiro atoms. The van der Waals surface area contributed by atoms with Gasteiger partial charge in [0, 0.05) is 43.2 Å². The molecule has 0 amide bonds. The molecule has 212 valence electrons. The second kappa shape index (κ2) is 11.5. The first-order chi connectivity index (χ1) is 19.7. The molecule has 0 aliphatic rings. The van der Waals surface area contributed by atoms with E-state index in [0.717, 1.165) is 12.1 Å². The minimum atomic E-state index is -0.914. The van der Waals surface area contributed by atoms with Gasteiger partial charge in [-0.25, -0.2) is 22.5 Å². The second-order valence-corrected chi connectivity index (χ2v) is 9.63. The van der Waals surface area contributed by atoms with E-state index in [-0.39, 0.29) is 47.5 Å². The van der Waals surface area contributed by atoms with E-state index in [9.17, 15) is 18.0 Å². The molecule has 2 heterocycles. The van der Waals surface area contributed by atoms with Gasteiger partial charge in [-0.05, 0) is 48.7 Å². The molecule has 2 aromatic heterocycles. The largest absolute Gasteiger partial charge is 0.466 e. The van der Waals surface area contributed by atoms with Crippen LogP contribution in [0.2, 0.25) is 0 Å². The Morgan fingerprint density at radius 3 is 2.63 bits per heavy atom. The molecular formula is C31H27F4N3O3. The van der Waals surface area contributed by atoms with E-state index in [1.165, 1.54) is 24.4 Å². The number of hydrogen-bond acceptors (Lipinski definition) is 4. The molecule has 0 saturated carbocycles. The Labute approximate surface area is 233 Å². The van der Waals surface area contributed by atoms with Gasteiger partial charge in [-0.2, -0.15) is 0 Å². The maximum absolute atomic E-state index is 15.4. The normalized spacial score (nSPS) is 12.1. The first-order valence-corrected chi connectivity index (χ1v) is 13.1. The van der Waals surface area contributed by atoms with Gasteiger partial charge in [-0.3, -0.25) is 4.79 Å². The lowest BCUT2D eigenvalue weighted by Crippen LogP contribution is -2.08. The van der Waals surface area contributed by atoms with Crippen LogP contribution in [0.3, 0.4) is 0 Å². The lowest BCUT2D eigenvalue weighted by molar-refractivity contribution is -0.143. The SMILES string of the molecule is CCOC(=O)CCc1cccc(C(C)c2cn(C)c(-c3cc(Oc4c(F)cc5[nH]ccc5c4F)ccc3F)n2)c1F. The van der Waals surface area contributed by atoms with Crippen LogP contribution in [0.25, 0.3) is 22.3 Å². The summed E-state index contributed by atoms with van der Waals surface area (Å²) in [7, 11) is 1.66. The molecule has 1 atom stereocenters. The number of ether oxygens (including phenoxy) is 2. The molecule has 41 heavy (non-hydrogen) atoms. The van der Waals surface area contributed by atoms with E-state index in [2.05, 4.69) is 9.97 Å². The van der Waals surface area contributed by atoms with Crippen molar-refractivity contribution < 1.29 is 31.8 Å². The molecule has 3 aromatic carbocycles. The van der Waals surface area contributed by atoms with Crippen molar-refractivity contribution in [2.24, 2.45) is 7.05 Å². The van der Waals surface area contributed by atoms with Crippen LogP contribution in [-0.4, -0.2) is 27.1 Å². The number of hydrogen-bond donors (Lipinski definition) is 1. The number of rotatable bonds is 9. The number of carbonyl (C=O) groups is 1. The first kappa shape index (κ1) is 27.9. The number of nitrogens with one attached hydrogen (secondary N) is 1. The second-order valence-electron chi connectivity index (χ2n) is 9.63. The molecule has 10 heteroatoms. The first-order valence-electron chi connectivity index (χ1n) is 13.1. The highest BCUT2D eigenvalue weighted by Gasteiger charge is 2.22. The number of halogens is 4. The molecule has 0 aliphatic carbocycles. The summed E-state index contributed by atoms with van der Waals surface area (Å²) in [5.41, 5.74) is 1.55. The summed E-state index contributed by atoms with van der Waals surface area (Å²) in [5, 5.41) is 0.156. The fourth-order valence-corrected chi connectivity index (χ4v) is 4.77. The lowest BCUT2D eigenvalue weighted by atomic mass is 9.94. The predicted molar refractivity (Wildman–Crippen MR) is 146 cm³/mol. The van der Waals surface area contributed by atoms with Crippen molar-refractivity contribution in [1.82, 2.24) is 14.5 Å². The summed E-state index contributed by atoms with van der Waals surface area (Å²) in [4.78, 5) is 19.1. The van der Waals surface area contributed by atoms with Crippen molar-refractivity contribution in [2.45, 2.75) is 32.6 Å². The number of benzene rings is 3. The van der Waals surface area contributed by atoms with Gasteiger partial charge in [-0.15, -0.1) is 0 Å². The van der Waals surface area contributed by atoms with Crippen molar-refractivity contribution >= 4 is 16.9 Å². The Morgan fingerprint density at radius 1 is 1.05 bits per heavy atom. The Balaban J connectivity index is 1.43. The van der Waals surface area contributed by atoms with Crippen molar-refractivity contribution in [1.29, 1.82) is 0 Å². The summed E-state index contributed by atoms with van der Waals surface area (Å²) in [6.45, 7) is 3.74. The van der Waals surface area contributed by atoms with Crippen LogP contribution in [0.1, 0.15) is 43.0 Å². The Hall–Kier alpha value is -4.60. The third-order valence-electron chi connectivity index (χ3n) is 6.92. The molecule has 5 aromatic rings. The van der Waals surface area contributed by atoms with Crippen molar-refractivity contribution in [3.63, 3.8) is 0 Å². The molecule has 0 aliphatic heterocycles. The zero-order valence-corrected chi connectivity index (χ0v) is 22.6. The van der Waals surface area contributed by atoms with Gasteiger partial charge in [0.25, 0.3) is 0 Å². The van der Waals surface area contributed by atoms with E-state index >= 15 is 4.39 Å². The van der Waals surface area contributed by atoms with Gasteiger partial charge in [0.15, 0.2) is 17.4 Å². The summed E-state index contributed by atoms with van der Waals surface area (Å²) >= 11 is 0. The molecule has 0 fully saturated rings. The highest BCUT2D eigenvalue weighted by atomic mass is 19.1. The van der Waals surface area contributed by atoms with Crippen LogP contribution in [0.5, 0.6) is 11.5 Å². The quantitative estimate of drug-likeness (QED) is 0.148. The van der Waals surface area contributed by atoms with E-state index in [4.69, 9.17) is 9.47 Å².